The summed E-state index contributed by atoms with van der Waals surface area (Å²) >= 11 is 0. The number of amides is 1. The molecule has 0 spiro atoms. The lowest BCUT2D eigenvalue weighted by Crippen LogP contribution is -2.44. The maximum atomic E-state index is 11.8. The molecule has 0 bridgehead atoms. The van der Waals surface area contributed by atoms with Crippen molar-refractivity contribution in [3.8, 4) is 0 Å². The van der Waals surface area contributed by atoms with Crippen LogP contribution >= 0.6 is 0 Å². The van der Waals surface area contributed by atoms with Crippen molar-refractivity contribution < 1.29 is 14.7 Å². The van der Waals surface area contributed by atoms with Gasteiger partial charge in [-0.05, 0) is 25.0 Å². The highest BCUT2D eigenvalue weighted by molar-refractivity contribution is 6.07. The zero-order valence-corrected chi connectivity index (χ0v) is 10.6. The summed E-state index contributed by atoms with van der Waals surface area (Å²) in [5.41, 5.74) is 1.55. The quantitative estimate of drug-likeness (QED) is 0.854. The first-order valence-corrected chi connectivity index (χ1v) is 6.59. The average Bonchev–Trinajstić information content (AvgIpc) is 2.90. The molecule has 1 heterocycles. The number of hydrogen-bond donors (Lipinski definition) is 2. The predicted molar refractivity (Wildman–Crippen MR) is 71.6 cm³/mol. The van der Waals surface area contributed by atoms with E-state index in [0.29, 0.717) is 11.4 Å². The lowest BCUT2D eigenvalue weighted by atomic mass is 10.0. The maximum absolute atomic E-state index is 11.8. The molecule has 19 heavy (non-hydrogen) atoms. The Balaban J connectivity index is 2.09. The molecule has 1 aliphatic carbocycles. The molecule has 5 heteroatoms. The Hall–Kier alpha value is -2.04. The summed E-state index contributed by atoms with van der Waals surface area (Å²) in [6, 6.07) is 5.31. The van der Waals surface area contributed by atoms with Crippen LogP contribution in [0, 0.1) is 0 Å². The Morgan fingerprint density at radius 2 is 2.05 bits per heavy atom. The van der Waals surface area contributed by atoms with Gasteiger partial charge in [-0.25, -0.2) is 4.79 Å². The van der Waals surface area contributed by atoms with Crippen LogP contribution in [0.4, 0.5) is 11.4 Å². The Morgan fingerprint density at radius 3 is 2.74 bits per heavy atom. The van der Waals surface area contributed by atoms with Crippen molar-refractivity contribution in [3.05, 3.63) is 23.8 Å². The van der Waals surface area contributed by atoms with Gasteiger partial charge in [0.25, 0.3) is 0 Å². The second kappa shape index (κ2) is 4.57. The van der Waals surface area contributed by atoms with E-state index in [1.165, 1.54) is 0 Å². The van der Waals surface area contributed by atoms with Crippen LogP contribution in [0.25, 0.3) is 0 Å². The fourth-order valence-corrected chi connectivity index (χ4v) is 3.08. The molecule has 0 saturated heterocycles. The number of nitrogens with one attached hydrogen (secondary N) is 1. The Labute approximate surface area is 111 Å². The standard InChI is InChI=1S/C14H16N2O3/c17-12-8-16(9-4-1-2-5-9)13-10(14(18)19)6-3-7-11(13)15-12/h3,6-7,9H,1-2,4-5,8H2,(H,15,17)(H,18,19). The number of carbonyl (C=O) groups excluding carboxylic acids is 1. The van der Waals surface area contributed by atoms with Gasteiger partial charge in [0.15, 0.2) is 0 Å². The number of hydrogen-bond acceptors (Lipinski definition) is 3. The molecular weight excluding hydrogens is 244 g/mol. The molecule has 0 unspecified atom stereocenters. The summed E-state index contributed by atoms with van der Waals surface area (Å²) in [5, 5.41) is 12.1. The summed E-state index contributed by atoms with van der Waals surface area (Å²) in [6.07, 6.45) is 4.35. The number of carbonyl (C=O) groups is 2. The number of anilines is 2. The van der Waals surface area contributed by atoms with Crippen molar-refractivity contribution in [2.75, 3.05) is 16.8 Å². The number of nitrogens with zero attached hydrogens (tertiary/aromatic N) is 1. The molecule has 1 aromatic rings. The van der Waals surface area contributed by atoms with Gasteiger partial charge in [0.2, 0.25) is 5.91 Å². The van der Waals surface area contributed by atoms with Gasteiger partial charge in [0, 0.05) is 6.04 Å². The number of fused-ring (bicyclic) bond motifs is 1. The molecule has 2 N–H and O–H groups in total. The van der Waals surface area contributed by atoms with Crippen LogP contribution < -0.4 is 10.2 Å². The molecule has 1 aliphatic heterocycles. The fraction of sp³-hybridized carbons (Fsp3) is 0.429. The molecule has 1 aromatic carbocycles. The summed E-state index contributed by atoms with van der Waals surface area (Å²) in [6.45, 7) is 0.252. The van der Waals surface area contributed by atoms with Gasteiger partial charge in [-0.3, -0.25) is 4.79 Å². The second-order valence-electron chi connectivity index (χ2n) is 5.12. The van der Waals surface area contributed by atoms with Gasteiger partial charge in [-0.15, -0.1) is 0 Å². The highest BCUT2D eigenvalue weighted by atomic mass is 16.4. The third kappa shape index (κ3) is 2.05. The SMILES string of the molecule is O=C1CN(C2CCCC2)c2c(cccc2C(=O)O)N1. The molecule has 1 fully saturated rings. The van der Waals surface area contributed by atoms with Gasteiger partial charge in [-0.2, -0.15) is 0 Å². The zero-order valence-electron chi connectivity index (χ0n) is 10.6. The first-order chi connectivity index (χ1) is 9.16. The predicted octanol–water partition coefficient (Wildman–Crippen LogP) is 2.09. The molecule has 5 nitrogen and oxygen atoms in total. The molecule has 0 atom stereocenters. The van der Waals surface area contributed by atoms with E-state index >= 15 is 0 Å². The number of para-hydroxylation sites is 1. The van der Waals surface area contributed by atoms with E-state index in [2.05, 4.69) is 5.32 Å². The number of rotatable bonds is 2. The molecule has 100 valence electrons. The van der Waals surface area contributed by atoms with Gasteiger partial charge >= 0.3 is 5.97 Å². The minimum Gasteiger partial charge on any atom is -0.478 e. The van der Waals surface area contributed by atoms with Gasteiger partial charge < -0.3 is 15.3 Å². The van der Waals surface area contributed by atoms with Crippen LogP contribution in [-0.2, 0) is 4.79 Å². The van der Waals surface area contributed by atoms with Gasteiger partial charge in [0.05, 0.1) is 23.5 Å². The molecule has 1 amide bonds. The molecule has 2 aliphatic rings. The van der Waals surface area contributed by atoms with Crippen LogP contribution in [-0.4, -0.2) is 29.6 Å². The van der Waals surface area contributed by atoms with Crippen molar-refractivity contribution in [1.82, 2.24) is 0 Å². The lowest BCUT2D eigenvalue weighted by molar-refractivity contribution is -0.115. The smallest absolute Gasteiger partial charge is 0.337 e. The summed E-state index contributed by atoms with van der Waals surface area (Å²) < 4.78 is 0. The second-order valence-corrected chi connectivity index (χ2v) is 5.12. The van der Waals surface area contributed by atoms with Crippen molar-refractivity contribution in [2.24, 2.45) is 0 Å². The molecular formula is C14H16N2O3. The normalized spacial score (nSPS) is 19.2. The largest absolute Gasteiger partial charge is 0.478 e. The average molecular weight is 260 g/mol. The third-order valence-corrected chi connectivity index (χ3v) is 3.91. The Bertz CT molecular complexity index is 535. The highest BCUT2D eigenvalue weighted by Crippen LogP contribution is 2.38. The number of carboxylic acids is 1. The molecule has 0 aromatic heterocycles. The first-order valence-electron chi connectivity index (χ1n) is 6.59. The minimum atomic E-state index is -0.948. The summed E-state index contributed by atoms with van der Waals surface area (Å²) in [4.78, 5) is 25.1. The monoisotopic (exact) mass is 260 g/mol. The molecule has 3 rings (SSSR count). The molecule has 1 saturated carbocycles. The van der Waals surface area contributed by atoms with Gasteiger partial charge in [0.1, 0.15) is 0 Å². The van der Waals surface area contributed by atoms with Gasteiger partial charge in [-0.1, -0.05) is 18.9 Å². The third-order valence-electron chi connectivity index (χ3n) is 3.91. The van der Waals surface area contributed by atoms with Crippen LogP contribution in [0.1, 0.15) is 36.0 Å². The van der Waals surface area contributed by atoms with Crippen LogP contribution in [0.15, 0.2) is 18.2 Å². The van der Waals surface area contributed by atoms with E-state index in [1.807, 2.05) is 4.90 Å². The maximum Gasteiger partial charge on any atom is 0.337 e. The molecule has 0 radical (unpaired) electrons. The minimum absolute atomic E-state index is 0.0676. The van der Waals surface area contributed by atoms with Crippen molar-refractivity contribution in [2.45, 2.75) is 31.7 Å². The zero-order chi connectivity index (χ0) is 13.4. The van der Waals surface area contributed by atoms with E-state index < -0.39 is 5.97 Å². The van der Waals surface area contributed by atoms with E-state index in [4.69, 9.17) is 0 Å². The number of benzene rings is 1. The van der Waals surface area contributed by atoms with E-state index in [1.54, 1.807) is 18.2 Å². The van der Waals surface area contributed by atoms with Crippen molar-refractivity contribution >= 4 is 23.3 Å². The number of carboxylic acid groups (broad SMARTS) is 1. The number of aromatic carboxylic acids is 1. The topological polar surface area (TPSA) is 69.6 Å². The van der Waals surface area contributed by atoms with E-state index in [-0.39, 0.29) is 24.1 Å². The summed E-state index contributed by atoms with van der Waals surface area (Å²) in [5.74, 6) is -1.02. The first kappa shape index (κ1) is 12.0. The Kier molecular flexibility index (Phi) is 2.89. The van der Waals surface area contributed by atoms with E-state index in [0.717, 1.165) is 25.7 Å². The van der Waals surface area contributed by atoms with Crippen LogP contribution in [0.5, 0.6) is 0 Å². The lowest BCUT2D eigenvalue weighted by Gasteiger charge is -2.36. The van der Waals surface area contributed by atoms with Crippen molar-refractivity contribution in [3.63, 3.8) is 0 Å². The van der Waals surface area contributed by atoms with Crippen molar-refractivity contribution in [1.29, 1.82) is 0 Å². The van der Waals surface area contributed by atoms with Crippen LogP contribution in [0.3, 0.4) is 0 Å². The Morgan fingerprint density at radius 1 is 1.32 bits per heavy atom. The fourth-order valence-electron chi connectivity index (χ4n) is 3.08. The van der Waals surface area contributed by atoms with E-state index in [9.17, 15) is 14.7 Å². The van der Waals surface area contributed by atoms with Crippen LogP contribution in [0.2, 0.25) is 0 Å². The summed E-state index contributed by atoms with van der Waals surface area (Å²) in [7, 11) is 0. The highest BCUT2D eigenvalue weighted by Gasteiger charge is 2.32.